The van der Waals surface area contributed by atoms with Crippen LogP contribution in [0.25, 0.3) is 0 Å². The summed E-state index contributed by atoms with van der Waals surface area (Å²) in [5.74, 6) is -1.63. The number of carbonyl (C=O) groups excluding carboxylic acids is 3. The summed E-state index contributed by atoms with van der Waals surface area (Å²) in [6.07, 6.45) is 5.46. The predicted molar refractivity (Wildman–Crippen MR) is 173 cm³/mol. The van der Waals surface area contributed by atoms with E-state index in [4.69, 9.17) is 0 Å². The lowest BCUT2D eigenvalue weighted by Gasteiger charge is -2.28. The summed E-state index contributed by atoms with van der Waals surface area (Å²) < 4.78 is 0. The molecule has 5 rings (SSSR count). The molecule has 3 amide bonds. The lowest BCUT2D eigenvalue weighted by atomic mass is 9.82. The number of piperidine rings is 1. The third-order valence-electron chi connectivity index (χ3n) is 8.69. The average Bonchev–Trinajstić information content (AvgIpc) is 3.27. The highest BCUT2D eigenvalue weighted by Gasteiger charge is 2.53. The smallest absolute Gasteiger partial charge is 0.269 e. The number of aliphatic hydroxyl groups excluding tert-OH is 1. The Morgan fingerprint density at radius 3 is 2.48 bits per heavy atom. The Bertz CT molecular complexity index is 1630. The molecule has 2 atom stereocenters. The van der Waals surface area contributed by atoms with Crippen LogP contribution in [0.15, 0.2) is 84.9 Å². The first kappa shape index (κ1) is 32.5. The van der Waals surface area contributed by atoms with Crippen LogP contribution in [0.2, 0.25) is 0 Å². The van der Waals surface area contributed by atoms with Gasteiger partial charge in [-0.25, -0.2) is 0 Å². The van der Waals surface area contributed by atoms with Gasteiger partial charge in [0.2, 0.25) is 11.8 Å². The van der Waals surface area contributed by atoms with Gasteiger partial charge in [0.05, 0.1) is 23.8 Å². The summed E-state index contributed by atoms with van der Waals surface area (Å²) >= 11 is 0. The van der Waals surface area contributed by atoms with Crippen molar-refractivity contribution in [2.75, 3.05) is 29.5 Å². The van der Waals surface area contributed by atoms with E-state index in [9.17, 15) is 34.7 Å². The van der Waals surface area contributed by atoms with E-state index in [1.807, 2.05) is 54.6 Å². The van der Waals surface area contributed by atoms with Crippen molar-refractivity contribution in [1.82, 2.24) is 4.90 Å². The molecule has 11 heteroatoms. The minimum Gasteiger partial charge on any atom is -0.395 e. The molecule has 3 aromatic carbocycles. The van der Waals surface area contributed by atoms with Gasteiger partial charge in [-0.05, 0) is 42.2 Å². The van der Waals surface area contributed by atoms with Crippen LogP contribution in [0, 0.1) is 16.0 Å². The van der Waals surface area contributed by atoms with Crippen molar-refractivity contribution < 1.29 is 29.5 Å². The van der Waals surface area contributed by atoms with E-state index < -0.39 is 22.3 Å². The number of aliphatic hydroxyl groups is 2. The monoisotopic (exact) mass is 626 g/mol. The lowest BCUT2D eigenvalue weighted by Crippen LogP contribution is -2.44. The summed E-state index contributed by atoms with van der Waals surface area (Å²) in [4.78, 5) is 55.1. The Morgan fingerprint density at radius 1 is 1.07 bits per heavy atom. The lowest BCUT2D eigenvalue weighted by molar-refractivity contribution is -0.385. The van der Waals surface area contributed by atoms with E-state index in [0.717, 1.165) is 29.7 Å². The van der Waals surface area contributed by atoms with Crippen LogP contribution < -0.4 is 9.80 Å². The van der Waals surface area contributed by atoms with Crippen LogP contribution in [0.3, 0.4) is 0 Å². The number of nitrogens with zero attached hydrogens (tertiary/aromatic N) is 4. The molecule has 0 unspecified atom stereocenters. The second-order valence-corrected chi connectivity index (χ2v) is 11.7. The summed E-state index contributed by atoms with van der Waals surface area (Å²) in [6.45, 7) is 2.67. The SMILES string of the molecule is C[C@H](/C=C/CC(=O)N(CCO)Cc1ccccc1)[C@@]1(O)C(=O)N(Cc2ccc(N3CCCCC3=O)cc2)c2ccc([N+](=O)[O-])cc21. The van der Waals surface area contributed by atoms with Crippen LogP contribution in [0.5, 0.6) is 0 Å². The summed E-state index contributed by atoms with van der Waals surface area (Å²) in [6, 6.07) is 20.7. The number of non-ortho nitro benzene ring substituents is 1. The zero-order valence-corrected chi connectivity index (χ0v) is 25.7. The van der Waals surface area contributed by atoms with Crippen molar-refractivity contribution in [3.63, 3.8) is 0 Å². The summed E-state index contributed by atoms with van der Waals surface area (Å²) in [7, 11) is 0. The van der Waals surface area contributed by atoms with Gasteiger partial charge in [-0.15, -0.1) is 0 Å². The molecule has 0 radical (unpaired) electrons. The maximum Gasteiger partial charge on any atom is 0.269 e. The number of hydrogen-bond donors (Lipinski definition) is 2. The topological polar surface area (TPSA) is 145 Å². The van der Waals surface area contributed by atoms with E-state index in [2.05, 4.69) is 0 Å². The van der Waals surface area contributed by atoms with Gasteiger partial charge in [-0.1, -0.05) is 61.5 Å². The third-order valence-corrected chi connectivity index (χ3v) is 8.69. The minimum absolute atomic E-state index is 0.0289. The van der Waals surface area contributed by atoms with Crippen molar-refractivity contribution in [2.45, 2.75) is 51.3 Å². The largest absolute Gasteiger partial charge is 0.395 e. The van der Waals surface area contributed by atoms with Crippen molar-refractivity contribution in [1.29, 1.82) is 0 Å². The third kappa shape index (κ3) is 6.70. The molecule has 3 aromatic rings. The molecule has 0 aromatic heterocycles. The molecular weight excluding hydrogens is 588 g/mol. The fraction of sp³-hybridized carbons (Fsp3) is 0.343. The highest BCUT2D eigenvalue weighted by Crippen LogP contribution is 2.47. The second kappa shape index (κ2) is 14.1. The molecule has 1 saturated heterocycles. The molecule has 2 N–H and O–H groups in total. The number of hydrogen-bond acceptors (Lipinski definition) is 7. The Morgan fingerprint density at radius 2 is 1.80 bits per heavy atom. The fourth-order valence-corrected chi connectivity index (χ4v) is 6.11. The molecule has 0 saturated carbocycles. The standard InChI is InChI=1S/C35H38N4O7/c1-25(8-7-12-32(41)36(20-21-40)23-26-9-3-2-4-10-26)35(44)30-22-29(39(45)46)17-18-31(30)38(34(35)43)24-27-13-15-28(16-14-27)37-19-6-5-11-33(37)42/h2-4,7-10,13-18,22,25,40,44H,5-6,11-12,19-21,23-24H2,1H3/b8-7+/t25-,35+/m1/s1. The van der Waals surface area contributed by atoms with Crippen LogP contribution in [0.4, 0.5) is 17.1 Å². The maximum atomic E-state index is 14.0. The van der Waals surface area contributed by atoms with E-state index in [0.29, 0.717) is 25.2 Å². The van der Waals surface area contributed by atoms with Gasteiger partial charge in [-0.3, -0.25) is 24.5 Å². The normalized spacial score (nSPS) is 18.6. The second-order valence-electron chi connectivity index (χ2n) is 11.7. The van der Waals surface area contributed by atoms with E-state index in [1.165, 1.54) is 28.0 Å². The average molecular weight is 627 g/mol. The van der Waals surface area contributed by atoms with E-state index >= 15 is 0 Å². The molecule has 0 aliphatic carbocycles. The number of carbonyl (C=O) groups is 3. The highest BCUT2D eigenvalue weighted by atomic mass is 16.6. The van der Waals surface area contributed by atoms with Crippen LogP contribution in [0.1, 0.15) is 49.3 Å². The first-order chi connectivity index (χ1) is 22.1. The van der Waals surface area contributed by atoms with E-state index in [1.54, 1.807) is 24.0 Å². The number of anilines is 2. The van der Waals surface area contributed by atoms with Gasteiger partial charge in [0, 0.05) is 61.8 Å². The van der Waals surface area contributed by atoms with Gasteiger partial charge in [0.25, 0.3) is 11.6 Å². The molecule has 0 spiro atoms. The number of nitro benzene ring substituents is 1. The molecule has 2 heterocycles. The van der Waals surface area contributed by atoms with Gasteiger partial charge in [0.15, 0.2) is 5.60 Å². The van der Waals surface area contributed by atoms with Gasteiger partial charge in [0.1, 0.15) is 0 Å². The van der Waals surface area contributed by atoms with Crippen molar-refractivity contribution in [2.24, 2.45) is 5.92 Å². The first-order valence-corrected chi connectivity index (χ1v) is 15.4. The number of nitro groups is 1. The zero-order chi connectivity index (χ0) is 32.8. The highest BCUT2D eigenvalue weighted by molar-refractivity contribution is 6.07. The summed E-state index contributed by atoms with van der Waals surface area (Å²) in [5.41, 5.74) is 0.568. The number of benzene rings is 3. The first-order valence-electron chi connectivity index (χ1n) is 15.4. The van der Waals surface area contributed by atoms with Crippen LogP contribution >= 0.6 is 0 Å². The Balaban J connectivity index is 1.35. The Kier molecular flexibility index (Phi) is 9.93. The van der Waals surface area contributed by atoms with Gasteiger partial charge >= 0.3 is 0 Å². The molecule has 0 bridgehead atoms. The molecule has 11 nitrogen and oxygen atoms in total. The maximum absolute atomic E-state index is 14.0. The molecule has 2 aliphatic heterocycles. The molecule has 46 heavy (non-hydrogen) atoms. The predicted octanol–water partition coefficient (Wildman–Crippen LogP) is 4.45. The summed E-state index contributed by atoms with van der Waals surface area (Å²) in [5, 5.41) is 33.1. The van der Waals surface area contributed by atoms with Crippen molar-refractivity contribution in [3.8, 4) is 0 Å². The van der Waals surface area contributed by atoms with Crippen molar-refractivity contribution >= 4 is 34.8 Å². The van der Waals surface area contributed by atoms with Crippen LogP contribution in [-0.4, -0.2) is 57.5 Å². The van der Waals surface area contributed by atoms with Gasteiger partial charge in [-0.2, -0.15) is 0 Å². The zero-order valence-electron chi connectivity index (χ0n) is 25.7. The minimum atomic E-state index is -2.12. The Labute approximate surface area is 267 Å². The Hall–Kier alpha value is -4.87. The number of fused-ring (bicyclic) bond motifs is 1. The molecule has 240 valence electrons. The fourth-order valence-electron chi connectivity index (χ4n) is 6.11. The van der Waals surface area contributed by atoms with Crippen molar-refractivity contribution in [3.05, 3.63) is 112 Å². The van der Waals surface area contributed by atoms with Crippen LogP contribution in [-0.2, 0) is 33.1 Å². The number of amides is 3. The quantitative estimate of drug-likeness (QED) is 0.172. The number of rotatable bonds is 12. The molecular formula is C35H38N4O7. The molecule has 2 aliphatic rings. The van der Waals surface area contributed by atoms with Gasteiger partial charge < -0.3 is 24.9 Å². The molecule has 1 fully saturated rings. The van der Waals surface area contributed by atoms with E-state index in [-0.39, 0.29) is 49.2 Å².